The standard InChI is InChI=1S/C15H22F3NO/c1-12(2)19-9-4-3-5-10-20-14-8-6-7-13(11-14)15(16,17)18/h6-8,11-12,19H,3-5,9-10H2,1-2H3. The number of benzene rings is 1. The SMILES string of the molecule is CC(C)NCCCCCOc1cccc(C(F)(F)F)c1. The van der Waals surface area contributed by atoms with E-state index in [0.717, 1.165) is 37.9 Å². The van der Waals surface area contributed by atoms with Crippen molar-refractivity contribution in [2.75, 3.05) is 13.2 Å². The number of rotatable bonds is 8. The largest absolute Gasteiger partial charge is 0.494 e. The molecule has 0 spiro atoms. The van der Waals surface area contributed by atoms with Gasteiger partial charge in [0.15, 0.2) is 0 Å². The number of nitrogens with one attached hydrogen (secondary N) is 1. The summed E-state index contributed by atoms with van der Waals surface area (Å²) in [6, 6.07) is 5.49. The molecule has 0 saturated carbocycles. The molecule has 1 rings (SSSR count). The summed E-state index contributed by atoms with van der Waals surface area (Å²) < 4.78 is 42.8. The molecule has 1 aromatic rings. The van der Waals surface area contributed by atoms with Gasteiger partial charge in [-0.05, 0) is 44.0 Å². The minimum atomic E-state index is -4.32. The van der Waals surface area contributed by atoms with Crippen molar-refractivity contribution in [3.63, 3.8) is 0 Å². The fourth-order valence-electron chi connectivity index (χ4n) is 1.75. The van der Waals surface area contributed by atoms with Crippen LogP contribution in [0.15, 0.2) is 24.3 Å². The summed E-state index contributed by atoms with van der Waals surface area (Å²) in [5, 5.41) is 3.31. The number of hydrogen-bond donors (Lipinski definition) is 1. The highest BCUT2D eigenvalue weighted by molar-refractivity contribution is 5.30. The number of hydrogen-bond acceptors (Lipinski definition) is 2. The highest BCUT2D eigenvalue weighted by Crippen LogP contribution is 2.31. The zero-order valence-corrected chi connectivity index (χ0v) is 12.0. The van der Waals surface area contributed by atoms with Gasteiger partial charge in [-0.25, -0.2) is 0 Å². The third kappa shape index (κ3) is 6.80. The number of unbranched alkanes of at least 4 members (excludes halogenated alkanes) is 2. The van der Waals surface area contributed by atoms with E-state index in [2.05, 4.69) is 19.2 Å². The number of halogens is 3. The zero-order chi connectivity index (χ0) is 15.0. The average molecular weight is 289 g/mol. The van der Waals surface area contributed by atoms with Crippen LogP contribution in [0, 0.1) is 0 Å². The van der Waals surface area contributed by atoms with Gasteiger partial charge < -0.3 is 10.1 Å². The molecule has 0 atom stereocenters. The Morgan fingerprint density at radius 1 is 1.15 bits per heavy atom. The first kappa shape index (κ1) is 16.8. The van der Waals surface area contributed by atoms with E-state index in [0.29, 0.717) is 12.6 Å². The van der Waals surface area contributed by atoms with Gasteiger partial charge in [0, 0.05) is 6.04 Å². The fraction of sp³-hybridized carbons (Fsp3) is 0.600. The molecule has 0 amide bonds. The first-order chi connectivity index (χ1) is 9.39. The molecular weight excluding hydrogens is 267 g/mol. The molecule has 1 N–H and O–H groups in total. The molecule has 0 radical (unpaired) electrons. The molecule has 0 bridgehead atoms. The Morgan fingerprint density at radius 2 is 1.90 bits per heavy atom. The zero-order valence-electron chi connectivity index (χ0n) is 12.0. The van der Waals surface area contributed by atoms with Gasteiger partial charge in [0.05, 0.1) is 12.2 Å². The summed E-state index contributed by atoms with van der Waals surface area (Å²) in [5.74, 6) is 0.278. The molecule has 0 aliphatic carbocycles. The Bertz CT molecular complexity index is 391. The van der Waals surface area contributed by atoms with Crippen LogP contribution in [0.5, 0.6) is 5.75 Å². The molecule has 5 heteroatoms. The lowest BCUT2D eigenvalue weighted by Crippen LogP contribution is -2.23. The molecule has 0 aliphatic rings. The first-order valence-electron chi connectivity index (χ1n) is 6.93. The van der Waals surface area contributed by atoms with Crippen LogP contribution in [0.3, 0.4) is 0 Å². The van der Waals surface area contributed by atoms with E-state index < -0.39 is 11.7 Å². The van der Waals surface area contributed by atoms with E-state index in [1.807, 2.05) is 0 Å². The van der Waals surface area contributed by atoms with E-state index in [1.54, 1.807) is 6.07 Å². The van der Waals surface area contributed by atoms with Crippen molar-refractivity contribution in [1.29, 1.82) is 0 Å². The minimum Gasteiger partial charge on any atom is -0.494 e. The summed E-state index contributed by atoms with van der Waals surface area (Å²) in [6.07, 6.45) is -1.43. The van der Waals surface area contributed by atoms with E-state index in [-0.39, 0.29) is 5.75 Å². The molecule has 2 nitrogen and oxygen atoms in total. The van der Waals surface area contributed by atoms with Crippen LogP contribution in [-0.4, -0.2) is 19.2 Å². The first-order valence-corrected chi connectivity index (χ1v) is 6.93. The monoisotopic (exact) mass is 289 g/mol. The average Bonchev–Trinajstić information content (AvgIpc) is 2.36. The van der Waals surface area contributed by atoms with Crippen LogP contribution < -0.4 is 10.1 Å². The van der Waals surface area contributed by atoms with Crippen LogP contribution in [-0.2, 0) is 6.18 Å². The topological polar surface area (TPSA) is 21.3 Å². The van der Waals surface area contributed by atoms with E-state index in [4.69, 9.17) is 4.74 Å². The van der Waals surface area contributed by atoms with Crippen molar-refractivity contribution in [1.82, 2.24) is 5.32 Å². The smallest absolute Gasteiger partial charge is 0.416 e. The maximum Gasteiger partial charge on any atom is 0.416 e. The lowest BCUT2D eigenvalue weighted by atomic mass is 10.2. The molecule has 0 fully saturated rings. The fourth-order valence-corrected chi connectivity index (χ4v) is 1.75. The normalized spacial score (nSPS) is 11.9. The molecule has 0 unspecified atom stereocenters. The van der Waals surface area contributed by atoms with Crippen molar-refractivity contribution in [3.05, 3.63) is 29.8 Å². The Kier molecular flexibility index (Phi) is 6.85. The lowest BCUT2D eigenvalue weighted by Gasteiger charge is -2.10. The molecule has 0 aromatic heterocycles. The van der Waals surface area contributed by atoms with Crippen molar-refractivity contribution in [3.8, 4) is 5.75 Å². The number of ether oxygens (including phenoxy) is 1. The number of alkyl halides is 3. The molecule has 114 valence electrons. The molecule has 0 saturated heterocycles. The Balaban J connectivity index is 2.22. The van der Waals surface area contributed by atoms with Gasteiger partial charge in [-0.15, -0.1) is 0 Å². The maximum absolute atomic E-state index is 12.5. The summed E-state index contributed by atoms with van der Waals surface area (Å²) in [5.41, 5.74) is -0.670. The van der Waals surface area contributed by atoms with Crippen molar-refractivity contribution >= 4 is 0 Å². The Morgan fingerprint density at radius 3 is 2.55 bits per heavy atom. The van der Waals surface area contributed by atoms with Gasteiger partial charge in [0.2, 0.25) is 0 Å². The molecular formula is C15H22F3NO. The highest BCUT2D eigenvalue weighted by atomic mass is 19.4. The van der Waals surface area contributed by atoms with Crippen LogP contribution in [0.1, 0.15) is 38.7 Å². The van der Waals surface area contributed by atoms with Crippen molar-refractivity contribution in [2.45, 2.75) is 45.3 Å². The van der Waals surface area contributed by atoms with Gasteiger partial charge >= 0.3 is 6.18 Å². The Hall–Kier alpha value is -1.23. The quantitative estimate of drug-likeness (QED) is 0.722. The minimum absolute atomic E-state index is 0.278. The van der Waals surface area contributed by atoms with E-state index >= 15 is 0 Å². The predicted molar refractivity (Wildman–Crippen MR) is 73.9 cm³/mol. The van der Waals surface area contributed by atoms with E-state index in [1.165, 1.54) is 6.07 Å². The summed E-state index contributed by atoms with van der Waals surface area (Å²) >= 11 is 0. The van der Waals surface area contributed by atoms with Crippen LogP contribution >= 0.6 is 0 Å². The molecule has 0 aliphatic heterocycles. The third-order valence-corrected chi connectivity index (χ3v) is 2.80. The summed E-state index contributed by atoms with van der Waals surface area (Å²) in [4.78, 5) is 0. The van der Waals surface area contributed by atoms with Crippen molar-refractivity contribution in [2.24, 2.45) is 0 Å². The summed E-state index contributed by atoms with van der Waals surface area (Å²) in [7, 11) is 0. The summed E-state index contributed by atoms with van der Waals surface area (Å²) in [6.45, 7) is 5.59. The van der Waals surface area contributed by atoms with Gasteiger partial charge in [-0.1, -0.05) is 19.9 Å². The van der Waals surface area contributed by atoms with Gasteiger partial charge in [0.1, 0.15) is 5.75 Å². The predicted octanol–water partition coefficient (Wildman–Crippen LogP) is 4.25. The molecule has 20 heavy (non-hydrogen) atoms. The Labute approximate surface area is 118 Å². The maximum atomic E-state index is 12.5. The second kappa shape index (κ2) is 8.15. The van der Waals surface area contributed by atoms with Crippen LogP contribution in [0.25, 0.3) is 0 Å². The second-order valence-corrected chi connectivity index (χ2v) is 5.04. The highest BCUT2D eigenvalue weighted by Gasteiger charge is 2.30. The third-order valence-electron chi connectivity index (χ3n) is 2.80. The van der Waals surface area contributed by atoms with Gasteiger partial charge in [-0.3, -0.25) is 0 Å². The van der Waals surface area contributed by atoms with Gasteiger partial charge in [0.25, 0.3) is 0 Å². The van der Waals surface area contributed by atoms with E-state index in [9.17, 15) is 13.2 Å². The second-order valence-electron chi connectivity index (χ2n) is 5.04. The lowest BCUT2D eigenvalue weighted by molar-refractivity contribution is -0.137. The molecule has 1 aromatic carbocycles. The van der Waals surface area contributed by atoms with Crippen molar-refractivity contribution < 1.29 is 17.9 Å². The van der Waals surface area contributed by atoms with Crippen LogP contribution in [0.4, 0.5) is 13.2 Å². The van der Waals surface area contributed by atoms with Crippen LogP contribution in [0.2, 0.25) is 0 Å². The molecule has 0 heterocycles. The van der Waals surface area contributed by atoms with Gasteiger partial charge in [-0.2, -0.15) is 13.2 Å².